The Morgan fingerprint density at radius 2 is 1.54 bits per heavy atom. The average molecular weight is 372 g/mol. The van der Waals surface area contributed by atoms with E-state index in [9.17, 15) is 20.2 Å². The van der Waals surface area contributed by atoms with Crippen LogP contribution in [0.4, 0.5) is 0 Å². The fourth-order valence-corrected chi connectivity index (χ4v) is 3.12. The Kier molecular flexibility index (Phi) is 4.99. The molecule has 0 fully saturated rings. The van der Waals surface area contributed by atoms with Gasteiger partial charge in [-0.1, -0.05) is 54.1 Å². The molecule has 1 aliphatic rings. The fourth-order valence-electron chi connectivity index (χ4n) is 2.91. The minimum Gasteiger partial charge on any atom is -0.338 e. The van der Waals surface area contributed by atoms with Crippen LogP contribution in [0.1, 0.15) is 17.0 Å². The summed E-state index contributed by atoms with van der Waals surface area (Å²) in [5.41, 5.74) is 0.800. The average Bonchev–Trinajstić information content (AvgIpc) is 2.61. The molecule has 0 saturated carbocycles. The molecule has 1 aliphatic heterocycles. The van der Waals surface area contributed by atoms with Crippen molar-refractivity contribution in [3.05, 3.63) is 115 Å². The van der Waals surface area contributed by atoms with Crippen LogP contribution in [0.5, 0.6) is 0 Å². The molecule has 2 aromatic rings. The van der Waals surface area contributed by atoms with Crippen molar-refractivity contribution in [2.45, 2.75) is 12.5 Å². The second-order valence-corrected chi connectivity index (χ2v) is 6.20. The van der Waals surface area contributed by atoms with Gasteiger partial charge in [-0.3, -0.25) is 20.2 Å². The van der Waals surface area contributed by atoms with Gasteiger partial charge in [0.2, 0.25) is 0 Å². The zero-order chi connectivity index (χ0) is 18.7. The highest BCUT2D eigenvalue weighted by atomic mass is 35.5. The molecule has 0 spiro atoms. The third-order valence-corrected chi connectivity index (χ3v) is 4.23. The molecule has 3 rings (SSSR count). The smallest absolute Gasteiger partial charge is 0.280 e. The highest BCUT2D eigenvalue weighted by Gasteiger charge is 2.41. The molecule has 7 nitrogen and oxygen atoms in total. The van der Waals surface area contributed by atoms with Crippen LogP contribution in [-0.4, -0.2) is 14.7 Å². The Hall–Kier alpha value is -3.19. The van der Waals surface area contributed by atoms with Gasteiger partial charge in [-0.2, -0.15) is 0 Å². The third-order valence-electron chi connectivity index (χ3n) is 4.00. The van der Waals surface area contributed by atoms with E-state index >= 15 is 0 Å². The molecule has 1 heterocycles. The van der Waals surface area contributed by atoms with E-state index in [0.29, 0.717) is 10.6 Å². The number of nitrogens with zero attached hydrogens (tertiary/aromatic N) is 3. The number of hydrogen-bond acceptors (Lipinski definition) is 5. The predicted molar refractivity (Wildman–Crippen MR) is 96.3 cm³/mol. The van der Waals surface area contributed by atoms with Crippen LogP contribution in [-0.2, 0) is 6.54 Å². The van der Waals surface area contributed by atoms with Gasteiger partial charge in [0.25, 0.3) is 11.4 Å². The Morgan fingerprint density at radius 1 is 0.923 bits per heavy atom. The maximum atomic E-state index is 11.6. The summed E-state index contributed by atoms with van der Waals surface area (Å²) in [5.74, 6) is -1.03. The summed E-state index contributed by atoms with van der Waals surface area (Å²) in [6.07, 6.45) is 2.68. The van der Waals surface area contributed by atoms with E-state index < -0.39 is 15.8 Å². The second kappa shape index (κ2) is 7.37. The van der Waals surface area contributed by atoms with E-state index in [1.807, 2.05) is 0 Å². The van der Waals surface area contributed by atoms with Crippen LogP contribution in [0.2, 0.25) is 5.02 Å². The van der Waals surface area contributed by atoms with Crippen LogP contribution in [0.15, 0.2) is 78.4 Å². The molecule has 0 bridgehead atoms. The Bertz CT molecular complexity index is 880. The van der Waals surface area contributed by atoms with Crippen LogP contribution >= 0.6 is 11.6 Å². The molecule has 0 saturated heterocycles. The monoisotopic (exact) mass is 371 g/mol. The van der Waals surface area contributed by atoms with Crippen molar-refractivity contribution in [2.24, 2.45) is 0 Å². The first-order valence-electron chi connectivity index (χ1n) is 7.73. The molecule has 0 amide bonds. The summed E-state index contributed by atoms with van der Waals surface area (Å²) >= 11 is 5.96. The maximum absolute atomic E-state index is 11.6. The lowest BCUT2D eigenvalue weighted by Gasteiger charge is -2.23. The molecular formula is C18H14ClN3O4. The van der Waals surface area contributed by atoms with Crippen molar-refractivity contribution in [3.63, 3.8) is 0 Å². The third kappa shape index (κ3) is 3.73. The number of nitro groups is 2. The lowest BCUT2D eigenvalue weighted by molar-refractivity contribution is -0.456. The summed E-state index contributed by atoms with van der Waals surface area (Å²) in [6.45, 7) is 0.233. The van der Waals surface area contributed by atoms with E-state index in [2.05, 4.69) is 0 Å². The van der Waals surface area contributed by atoms with Gasteiger partial charge in [-0.25, -0.2) is 0 Å². The quantitative estimate of drug-likeness (QED) is 0.581. The standard InChI is InChI=1S/C18H14ClN3O4/c19-15-8-4-5-13(9-15)10-20-11-16(21(23)24)18(17(12-20)22(25)26)14-6-2-1-3-7-14/h1-9,11-12,18H,10H2. The van der Waals surface area contributed by atoms with Gasteiger partial charge in [0.15, 0.2) is 5.92 Å². The summed E-state index contributed by atoms with van der Waals surface area (Å²) in [7, 11) is 0. The van der Waals surface area contributed by atoms with E-state index in [1.54, 1.807) is 54.6 Å². The van der Waals surface area contributed by atoms with Gasteiger partial charge in [0, 0.05) is 11.6 Å². The number of halogens is 1. The fraction of sp³-hybridized carbons (Fsp3) is 0.111. The molecule has 0 aliphatic carbocycles. The lowest BCUT2D eigenvalue weighted by Crippen LogP contribution is -2.27. The van der Waals surface area contributed by atoms with Crippen molar-refractivity contribution < 1.29 is 9.85 Å². The molecular weight excluding hydrogens is 358 g/mol. The van der Waals surface area contributed by atoms with Crippen molar-refractivity contribution in [1.82, 2.24) is 4.90 Å². The highest BCUT2D eigenvalue weighted by Crippen LogP contribution is 2.36. The molecule has 8 heteroatoms. The predicted octanol–water partition coefficient (Wildman–Crippen LogP) is 4.18. The minimum absolute atomic E-state index is 0.233. The first kappa shape index (κ1) is 17.6. The first-order valence-corrected chi connectivity index (χ1v) is 8.11. The van der Waals surface area contributed by atoms with Gasteiger partial charge in [0.1, 0.15) is 0 Å². The Morgan fingerprint density at radius 3 is 2.08 bits per heavy atom. The Balaban J connectivity index is 2.02. The molecule has 132 valence electrons. The summed E-state index contributed by atoms with van der Waals surface area (Å²) < 4.78 is 0. The summed E-state index contributed by atoms with van der Waals surface area (Å²) in [6, 6.07) is 15.4. The van der Waals surface area contributed by atoms with Gasteiger partial charge in [0.05, 0.1) is 22.2 Å². The molecule has 0 unspecified atom stereocenters. The number of benzene rings is 2. The van der Waals surface area contributed by atoms with Crippen molar-refractivity contribution in [3.8, 4) is 0 Å². The summed E-state index contributed by atoms with van der Waals surface area (Å²) in [4.78, 5) is 23.5. The topological polar surface area (TPSA) is 89.5 Å². The second-order valence-electron chi connectivity index (χ2n) is 5.77. The van der Waals surface area contributed by atoms with E-state index in [0.717, 1.165) is 5.56 Å². The molecule has 0 N–H and O–H groups in total. The number of hydrogen-bond donors (Lipinski definition) is 0. The van der Waals surface area contributed by atoms with Gasteiger partial charge in [-0.05, 0) is 23.3 Å². The Labute approximate surface area is 154 Å². The first-order chi connectivity index (χ1) is 12.5. The van der Waals surface area contributed by atoms with E-state index in [-0.39, 0.29) is 17.9 Å². The van der Waals surface area contributed by atoms with Crippen LogP contribution < -0.4 is 0 Å². The van der Waals surface area contributed by atoms with Crippen LogP contribution in [0.25, 0.3) is 0 Å². The zero-order valence-electron chi connectivity index (χ0n) is 13.5. The SMILES string of the molecule is O=[N+]([O-])C1=CN(Cc2cccc(Cl)c2)C=C([N+](=O)[O-])C1c1ccccc1. The molecule has 26 heavy (non-hydrogen) atoms. The highest BCUT2D eigenvalue weighted by molar-refractivity contribution is 6.30. The molecule has 0 radical (unpaired) electrons. The van der Waals surface area contributed by atoms with Crippen LogP contribution in [0, 0.1) is 20.2 Å². The largest absolute Gasteiger partial charge is 0.338 e. The maximum Gasteiger partial charge on any atom is 0.280 e. The molecule has 2 aromatic carbocycles. The number of rotatable bonds is 5. The van der Waals surface area contributed by atoms with Gasteiger partial charge in [-0.15, -0.1) is 0 Å². The van der Waals surface area contributed by atoms with Crippen molar-refractivity contribution in [2.75, 3.05) is 0 Å². The van der Waals surface area contributed by atoms with Gasteiger partial charge < -0.3 is 4.90 Å². The normalized spacial score (nSPS) is 14.6. The minimum atomic E-state index is -1.03. The summed E-state index contributed by atoms with van der Waals surface area (Å²) in [5, 5.41) is 23.7. The molecule has 0 atom stereocenters. The molecule has 0 aromatic heterocycles. The zero-order valence-corrected chi connectivity index (χ0v) is 14.2. The van der Waals surface area contributed by atoms with Gasteiger partial charge >= 0.3 is 0 Å². The van der Waals surface area contributed by atoms with E-state index in [4.69, 9.17) is 11.6 Å². The lowest BCUT2D eigenvalue weighted by atomic mass is 9.91. The van der Waals surface area contributed by atoms with Crippen molar-refractivity contribution in [1.29, 1.82) is 0 Å². The van der Waals surface area contributed by atoms with Crippen molar-refractivity contribution >= 4 is 11.6 Å². The van der Waals surface area contributed by atoms with E-state index in [1.165, 1.54) is 17.3 Å². The van der Waals surface area contributed by atoms with Crippen LogP contribution in [0.3, 0.4) is 0 Å².